The third-order valence-electron chi connectivity index (χ3n) is 5.41. The van der Waals surface area contributed by atoms with Gasteiger partial charge in [0.15, 0.2) is 0 Å². The van der Waals surface area contributed by atoms with Crippen LogP contribution >= 0.6 is 0 Å². The number of aryl methyl sites for hydroxylation is 1. The van der Waals surface area contributed by atoms with Gasteiger partial charge in [-0.3, -0.25) is 9.78 Å². The summed E-state index contributed by atoms with van der Waals surface area (Å²) in [7, 11) is 0. The van der Waals surface area contributed by atoms with Crippen LogP contribution in [0.15, 0.2) is 79.3 Å². The van der Waals surface area contributed by atoms with E-state index in [9.17, 15) is 9.18 Å². The van der Waals surface area contributed by atoms with E-state index in [4.69, 9.17) is 0 Å². The lowest BCUT2D eigenvalue weighted by Gasteiger charge is -2.17. The molecule has 4 aromatic rings. The van der Waals surface area contributed by atoms with Crippen LogP contribution in [-0.2, 0) is 17.9 Å². The van der Waals surface area contributed by atoms with Gasteiger partial charge in [0, 0.05) is 54.9 Å². The topological polar surface area (TPSA) is 46.9 Å². The lowest BCUT2D eigenvalue weighted by Crippen LogP contribution is -2.25. The number of rotatable bonds is 7. The Hall–Kier alpha value is -3.47. The smallest absolute Gasteiger partial charge is 0.221 e. The highest BCUT2D eigenvalue weighted by Crippen LogP contribution is 2.35. The summed E-state index contributed by atoms with van der Waals surface area (Å²) in [5.74, 6) is -0.506. The Morgan fingerprint density at radius 3 is 2.63 bits per heavy atom. The molecule has 0 fully saturated rings. The van der Waals surface area contributed by atoms with Crippen molar-refractivity contribution in [3.05, 3.63) is 102 Å². The number of pyridine rings is 1. The van der Waals surface area contributed by atoms with Crippen LogP contribution in [0, 0.1) is 5.82 Å². The summed E-state index contributed by atoms with van der Waals surface area (Å²) >= 11 is 0. The third-order valence-corrected chi connectivity index (χ3v) is 5.41. The highest BCUT2D eigenvalue weighted by atomic mass is 19.1. The predicted octanol–water partition coefficient (Wildman–Crippen LogP) is 5.03. The first-order valence-corrected chi connectivity index (χ1v) is 10.1. The Labute approximate surface area is 175 Å². The standard InChI is InChI=1S/C25H24FN3O/c1-2-29-17-23(21-7-3-4-8-24(21)29)22(19-9-11-20(26)12-10-19)14-25(30)28-16-18-6-5-13-27-15-18/h3-13,15,17,22H,2,14,16H2,1H3,(H,28,30). The van der Waals surface area contributed by atoms with Gasteiger partial charge in [-0.2, -0.15) is 0 Å². The largest absolute Gasteiger partial charge is 0.352 e. The number of fused-ring (bicyclic) bond motifs is 1. The molecule has 5 heteroatoms. The molecular weight excluding hydrogens is 377 g/mol. The quantitative estimate of drug-likeness (QED) is 0.472. The van der Waals surface area contributed by atoms with Crippen LogP contribution in [0.25, 0.3) is 10.9 Å². The Bertz CT molecular complexity index is 1140. The number of carbonyl (C=O) groups excluding carboxylic acids is 1. The van der Waals surface area contributed by atoms with Crippen LogP contribution in [0.5, 0.6) is 0 Å². The first-order valence-electron chi connectivity index (χ1n) is 10.1. The molecule has 0 radical (unpaired) electrons. The summed E-state index contributed by atoms with van der Waals surface area (Å²) < 4.78 is 15.7. The fraction of sp³-hybridized carbons (Fsp3) is 0.200. The molecule has 0 bridgehead atoms. The molecule has 1 amide bonds. The summed E-state index contributed by atoms with van der Waals surface area (Å²) in [4.78, 5) is 16.9. The lowest BCUT2D eigenvalue weighted by molar-refractivity contribution is -0.121. The molecule has 2 aromatic heterocycles. The van der Waals surface area contributed by atoms with Gasteiger partial charge in [0.05, 0.1) is 0 Å². The molecule has 152 valence electrons. The molecule has 0 aliphatic carbocycles. The molecule has 2 heterocycles. The van der Waals surface area contributed by atoms with Crippen molar-refractivity contribution < 1.29 is 9.18 Å². The van der Waals surface area contributed by atoms with Gasteiger partial charge in [0.2, 0.25) is 5.91 Å². The summed E-state index contributed by atoms with van der Waals surface area (Å²) in [5.41, 5.74) is 4.09. The van der Waals surface area contributed by atoms with E-state index >= 15 is 0 Å². The van der Waals surface area contributed by atoms with Gasteiger partial charge in [-0.05, 0) is 47.9 Å². The van der Waals surface area contributed by atoms with Crippen LogP contribution in [0.4, 0.5) is 4.39 Å². The molecule has 0 aliphatic rings. The van der Waals surface area contributed by atoms with Crippen molar-refractivity contribution in [1.82, 2.24) is 14.9 Å². The minimum Gasteiger partial charge on any atom is -0.352 e. The van der Waals surface area contributed by atoms with Gasteiger partial charge in [-0.1, -0.05) is 36.4 Å². The van der Waals surface area contributed by atoms with Crippen LogP contribution in [-0.4, -0.2) is 15.5 Å². The number of nitrogens with zero attached hydrogens (tertiary/aromatic N) is 2. The van der Waals surface area contributed by atoms with Gasteiger partial charge in [-0.25, -0.2) is 4.39 Å². The van der Waals surface area contributed by atoms with Crippen molar-refractivity contribution in [3.8, 4) is 0 Å². The maximum atomic E-state index is 13.5. The number of aromatic nitrogens is 2. The number of para-hydroxylation sites is 1. The fourth-order valence-corrected chi connectivity index (χ4v) is 3.88. The minimum absolute atomic E-state index is 0.0542. The first kappa shape index (κ1) is 19.8. The fourth-order valence-electron chi connectivity index (χ4n) is 3.88. The van der Waals surface area contributed by atoms with E-state index in [2.05, 4.69) is 40.1 Å². The molecule has 2 aromatic carbocycles. The molecular formula is C25H24FN3O. The van der Waals surface area contributed by atoms with Crippen molar-refractivity contribution in [3.63, 3.8) is 0 Å². The first-order chi connectivity index (χ1) is 14.7. The molecule has 1 unspecified atom stereocenters. The third kappa shape index (κ3) is 4.25. The zero-order valence-electron chi connectivity index (χ0n) is 16.9. The summed E-state index contributed by atoms with van der Waals surface area (Å²) in [6.45, 7) is 3.37. The van der Waals surface area contributed by atoms with Crippen LogP contribution < -0.4 is 5.32 Å². The van der Waals surface area contributed by atoms with Crippen molar-refractivity contribution in [2.75, 3.05) is 0 Å². The Morgan fingerprint density at radius 1 is 1.10 bits per heavy atom. The van der Waals surface area contributed by atoms with Crippen molar-refractivity contribution in [2.24, 2.45) is 0 Å². The van der Waals surface area contributed by atoms with Gasteiger partial charge in [-0.15, -0.1) is 0 Å². The SMILES string of the molecule is CCn1cc(C(CC(=O)NCc2cccnc2)c2ccc(F)cc2)c2ccccc21. The Balaban J connectivity index is 1.65. The number of carbonyl (C=O) groups is 1. The van der Waals surface area contributed by atoms with E-state index in [0.29, 0.717) is 6.54 Å². The Morgan fingerprint density at radius 2 is 1.90 bits per heavy atom. The van der Waals surface area contributed by atoms with Crippen LogP contribution in [0.1, 0.15) is 36.0 Å². The van der Waals surface area contributed by atoms with E-state index in [-0.39, 0.29) is 24.1 Å². The van der Waals surface area contributed by atoms with Crippen molar-refractivity contribution in [1.29, 1.82) is 0 Å². The molecule has 4 rings (SSSR count). The van der Waals surface area contributed by atoms with Crippen LogP contribution in [0.2, 0.25) is 0 Å². The number of halogens is 1. The van der Waals surface area contributed by atoms with Crippen LogP contribution in [0.3, 0.4) is 0 Å². The number of benzene rings is 2. The molecule has 1 N–H and O–H groups in total. The molecule has 0 saturated carbocycles. The summed E-state index contributed by atoms with van der Waals surface area (Å²) in [6.07, 6.45) is 5.85. The summed E-state index contributed by atoms with van der Waals surface area (Å²) in [6, 6.07) is 18.4. The second-order valence-electron chi connectivity index (χ2n) is 7.33. The van der Waals surface area contributed by atoms with Gasteiger partial charge >= 0.3 is 0 Å². The highest BCUT2D eigenvalue weighted by molar-refractivity contribution is 5.86. The number of amides is 1. The number of hydrogen-bond donors (Lipinski definition) is 1. The average molecular weight is 401 g/mol. The monoisotopic (exact) mass is 401 g/mol. The molecule has 30 heavy (non-hydrogen) atoms. The molecule has 1 atom stereocenters. The number of nitrogens with one attached hydrogen (secondary N) is 1. The van der Waals surface area contributed by atoms with E-state index in [1.807, 2.05) is 24.3 Å². The van der Waals surface area contributed by atoms with Crippen molar-refractivity contribution in [2.45, 2.75) is 32.4 Å². The molecule has 0 saturated heterocycles. The summed E-state index contributed by atoms with van der Waals surface area (Å²) in [5, 5.41) is 4.11. The normalized spacial score (nSPS) is 12.1. The maximum absolute atomic E-state index is 13.5. The lowest BCUT2D eigenvalue weighted by atomic mass is 9.88. The van der Waals surface area contributed by atoms with E-state index in [0.717, 1.165) is 34.1 Å². The molecule has 4 nitrogen and oxygen atoms in total. The zero-order valence-corrected chi connectivity index (χ0v) is 16.9. The highest BCUT2D eigenvalue weighted by Gasteiger charge is 2.22. The van der Waals surface area contributed by atoms with Crippen molar-refractivity contribution >= 4 is 16.8 Å². The van der Waals surface area contributed by atoms with Gasteiger partial charge in [0.25, 0.3) is 0 Å². The average Bonchev–Trinajstić information content (AvgIpc) is 3.16. The minimum atomic E-state index is -0.283. The zero-order chi connectivity index (χ0) is 20.9. The van der Waals surface area contributed by atoms with Gasteiger partial charge < -0.3 is 9.88 Å². The number of hydrogen-bond acceptors (Lipinski definition) is 2. The molecule has 0 spiro atoms. The van der Waals surface area contributed by atoms with E-state index < -0.39 is 0 Å². The van der Waals surface area contributed by atoms with Gasteiger partial charge in [0.1, 0.15) is 5.82 Å². The maximum Gasteiger partial charge on any atom is 0.221 e. The molecule has 0 aliphatic heterocycles. The van der Waals surface area contributed by atoms with E-state index in [1.54, 1.807) is 24.5 Å². The predicted molar refractivity (Wildman–Crippen MR) is 117 cm³/mol. The Kier molecular flexibility index (Phi) is 5.89. The second-order valence-corrected chi connectivity index (χ2v) is 7.33. The van der Waals surface area contributed by atoms with E-state index in [1.165, 1.54) is 12.1 Å². The second kappa shape index (κ2) is 8.91.